The maximum absolute atomic E-state index is 6.18. The molecule has 1 heterocycles. The fourth-order valence-electron chi connectivity index (χ4n) is 3.23. The van der Waals surface area contributed by atoms with E-state index in [-0.39, 0.29) is 5.41 Å². The largest absolute Gasteiger partial charge is 0.457 e. The second kappa shape index (κ2) is 5.15. The topological polar surface area (TPSA) is 9.23 Å². The number of hydrogen-bond acceptors (Lipinski definition) is 1. The van der Waals surface area contributed by atoms with E-state index in [1.165, 1.54) is 22.3 Å². The van der Waals surface area contributed by atoms with E-state index in [0.717, 1.165) is 11.5 Å². The molecule has 0 saturated heterocycles. The summed E-state index contributed by atoms with van der Waals surface area (Å²) in [6.07, 6.45) is 0. The summed E-state index contributed by atoms with van der Waals surface area (Å²) in [5.41, 5.74) is 5.32. The Morgan fingerprint density at radius 3 is 1.50 bits per heavy atom. The molecule has 1 aliphatic rings. The van der Waals surface area contributed by atoms with Crippen LogP contribution >= 0.6 is 0 Å². The van der Waals surface area contributed by atoms with Crippen LogP contribution in [0.4, 0.5) is 0 Å². The van der Waals surface area contributed by atoms with Crippen LogP contribution in [-0.2, 0) is 5.41 Å². The summed E-state index contributed by atoms with van der Waals surface area (Å²) in [4.78, 5) is 0. The molecule has 3 rings (SSSR count). The first-order chi connectivity index (χ1) is 10.3. The van der Waals surface area contributed by atoms with Crippen molar-refractivity contribution < 1.29 is 4.74 Å². The van der Waals surface area contributed by atoms with Crippen LogP contribution in [0.2, 0.25) is 0 Å². The normalized spacial score (nSPS) is 15.5. The summed E-state index contributed by atoms with van der Waals surface area (Å²) in [6, 6.07) is 13.3. The van der Waals surface area contributed by atoms with Crippen molar-refractivity contribution in [3.05, 3.63) is 58.7 Å². The van der Waals surface area contributed by atoms with Crippen LogP contribution in [0.25, 0.3) is 0 Å². The molecule has 0 N–H and O–H groups in total. The molecule has 0 atom stereocenters. The van der Waals surface area contributed by atoms with E-state index in [1.807, 2.05) is 0 Å². The molecular formula is C21H26O. The van der Waals surface area contributed by atoms with E-state index >= 15 is 0 Å². The predicted octanol–water partition coefficient (Wildman–Crippen LogP) is 6.37. The van der Waals surface area contributed by atoms with Gasteiger partial charge in [0.25, 0.3) is 0 Å². The lowest BCUT2D eigenvalue weighted by atomic mass is 9.74. The van der Waals surface area contributed by atoms with Gasteiger partial charge in [0.15, 0.2) is 0 Å². The Morgan fingerprint density at radius 2 is 1.14 bits per heavy atom. The molecule has 1 heteroatoms. The average Bonchev–Trinajstić information content (AvgIpc) is 2.46. The third kappa shape index (κ3) is 2.33. The maximum Gasteiger partial charge on any atom is 0.131 e. The molecule has 22 heavy (non-hydrogen) atoms. The SMILES string of the molecule is CC(C)c1ccc2c(c1)C(C)(C)c1cc(C(C)C)ccc1O2. The van der Waals surface area contributed by atoms with Gasteiger partial charge in [-0.1, -0.05) is 65.8 Å². The van der Waals surface area contributed by atoms with Crippen molar-refractivity contribution >= 4 is 0 Å². The third-order valence-electron chi connectivity index (χ3n) is 4.91. The minimum absolute atomic E-state index is 0.0291. The molecule has 0 amide bonds. The second-order valence-corrected chi connectivity index (χ2v) is 7.55. The van der Waals surface area contributed by atoms with Crippen molar-refractivity contribution in [2.45, 2.75) is 58.8 Å². The molecule has 0 unspecified atom stereocenters. The summed E-state index contributed by atoms with van der Waals surface area (Å²) >= 11 is 0. The van der Waals surface area contributed by atoms with E-state index in [9.17, 15) is 0 Å². The van der Waals surface area contributed by atoms with E-state index in [0.29, 0.717) is 11.8 Å². The van der Waals surface area contributed by atoms with Crippen LogP contribution in [0.15, 0.2) is 36.4 Å². The van der Waals surface area contributed by atoms with Gasteiger partial charge in [-0.05, 0) is 35.1 Å². The number of ether oxygens (including phenoxy) is 1. The molecule has 0 radical (unpaired) electrons. The van der Waals surface area contributed by atoms with Crippen molar-refractivity contribution in [2.24, 2.45) is 0 Å². The molecule has 0 bridgehead atoms. The molecular weight excluding hydrogens is 268 g/mol. The molecule has 1 nitrogen and oxygen atoms in total. The lowest BCUT2D eigenvalue weighted by molar-refractivity contribution is 0.417. The van der Waals surface area contributed by atoms with Gasteiger partial charge in [0.1, 0.15) is 11.5 Å². The average molecular weight is 294 g/mol. The molecule has 2 aromatic rings. The standard InChI is InChI=1S/C21H26O/c1-13(2)15-7-9-19-17(11-15)21(5,6)18-12-16(14(3)4)8-10-20(18)22-19/h7-14H,1-6H3. The first-order valence-corrected chi connectivity index (χ1v) is 8.27. The fourth-order valence-corrected chi connectivity index (χ4v) is 3.23. The van der Waals surface area contributed by atoms with E-state index in [2.05, 4.69) is 77.9 Å². The highest BCUT2D eigenvalue weighted by Crippen LogP contribution is 2.49. The number of fused-ring (bicyclic) bond motifs is 2. The maximum atomic E-state index is 6.18. The fraction of sp³-hybridized carbons (Fsp3) is 0.429. The number of hydrogen-bond donors (Lipinski definition) is 0. The lowest BCUT2D eigenvalue weighted by Gasteiger charge is -2.35. The van der Waals surface area contributed by atoms with Gasteiger partial charge < -0.3 is 4.74 Å². The zero-order chi connectivity index (χ0) is 16.1. The molecule has 0 spiro atoms. The van der Waals surface area contributed by atoms with E-state index in [4.69, 9.17) is 4.74 Å². The van der Waals surface area contributed by atoms with Crippen molar-refractivity contribution in [3.63, 3.8) is 0 Å². The summed E-state index contributed by atoms with van der Waals surface area (Å²) in [5.74, 6) is 3.06. The summed E-state index contributed by atoms with van der Waals surface area (Å²) < 4.78 is 6.18. The van der Waals surface area contributed by atoms with Gasteiger partial charge >= 0.3 is 0 Å². The van der Waals surface area contributed by atoms with E-state index in [1.54, 1.807) is 0 Å². The Bertz CT molecular complexity index is 648. The Labute approximate surface area is 134 Å². The first kappa shape index (κ1) is 15.1. The Morgan fingerprint density at radius 1 is 0.727 bits per heavy atom. The molecule has 0 aromatic heterocycles. The van der Waals surface area contributed by atoms with Crippen molar-refractivity contribution in [3.8, 4) is 11.5 Å². The Hall–Kier alpha value is -1.76. The highest BCUT2D eigenvalue weighted by molar-refractivity contribution is 5.58. The highest BCUT2D eigenvalue weighted by Gasteiger charge is 2.34. The minimum atomic E-state index is -0.0291. The van der Waals surface area contributed by atoms with Crippen LogP contribution in [0.5, 0.6) is 11.5 Å². The second-order valence-electron chi connectivity index (χ2n) is 7.55. The number of benzene rings is 2. The summed E-state index contributed by atoms with van der Waals surface area (Å²) in [7, 11) is 0. The third-order valence-corrected chi connectivity index (χ3v) is 4.91. The molecule has 1 aliphatic heterocycles. The molecule has 0 fully saturated rings. The summed E-state index contributed by atoms with van der Waals surface area (Å²) in [5, 5.41) is 0. The van der Waals surface area contributed by atoms with E-state index < -0.39 is 0 Å². The van der Waals surface area contributed by atoms with Gasteiger partial charge in [0.2, 0.25) is 0 Å². The highest BCUT2D eigenvalue weighted by atomic mass is 16.5. The van der Waals surface area contributed by atoms with Crippen LogP contribution in [0.1, 0.15) is 75.6 Å². The van der Waals surface area contributed by atoms with Gasteiger partial charge in [-0.25, -0.2) is 0 Å². The zero-order valence-corrected chi connectivity index (χ0v) is 14.5. The monoisotopic (exact) mass is 294 g/mol. The Kier molecular flexibility index (Phi) is 3.55. The van der Waals surface area contributed by atoms with Crippen LogP contribution in [0, 0.1) is 0 Å². The predicted molar refractivity (Wildman–Crippen MR) is 93.3 cm³/mol. The smallest absolute Gasteiger partial charge is 0.131 e. The first-order valence-electron chi connectivity index (χ1n) is 8.27. The van der Waals surface area contributed by atoms with Gasteiger partial charge in [-0.3, -0.25) is 0 Å². The quantitative estimate of drug-likeness (QED) is 0.625. The van der Waals surface area contributed by atoms with Gasteiger partial charge in [0.05, 0.1) is 0 Å². The molecule has 116 valence electrons. The van der Waals surface area contributed by atoms with Crippen molar-refractivity contribution in [2.75, 3.05) is 0 Å². The van der Waals surface area contributed by atoms with Crippen molar-refractivity contribution in [1.82, 2.24) is 0 Å². The Balaban J connectivity index is 2.16. The zero-order valence-electron chi connectivity index (χ0n) is 14.5. The van der Waals surface area contributed by atoms with Crippen LogP contribution in [0.3, 0.4) is 0 Å². The van der Waals surface area contributed by atoms with Crippen LogP contribution in [-0.4, -0.2) is 0 Å². The molecule has 0 aliphatic carbocycles. The number of rotatable bonds is 2. The summed E-state index contributed by atoms with van der Waals surface area (Å²) in [6.45, 7) is 13.6. The minimum Gasteiger partial charge on any atom is -0.457 e. The molecule has 2 aromatic carbocycles. The van der Waals surface area contributed by atoms with Crippen LogP contribution < -0.4 is 4.74 Å². The lowest BCUT2D eigenvalue weighted by Crippen LogP contribution is -2.25. The van der Waals surface area contributed by atoms with Gasteiger partial charge in [-0.15, -0.1) is 0 Å². The van der Waals surface area contributed by atoms with Crippen molar-refractivity contribution in [1.29, 1.82) is 0 Å². The van der Waals surface area contributed by atoms with Gasteiger partial charge in [-0.2, -0.15) is 0 Å². The van der Waals surface area contributed by atoms with Gasteiger partial charge in [0, 0.05) is 16.5 Å². The molecule has 0 saturated carbocycles.